The van der Waals surface area contributed by atoms with E-state index in [1.807, 2.05) is 5.38 Å². The average molecular weight is 319 g/mol. The molecule has 1 unspecified atom stereocenters. The number of aromatic nitrogens is 1. The second-order valence-corrected chi connectivity index (χ2v) is 6.98. The van der Waals surface area contributed by atoms with E-state index in [9.17, 15) is 0 Å². The highest BCUT2D eigenvalue weighted by molar-refractivity contribution is 9.10. The lowest BCUT2D eigenvalue weighted by atomic mass is 9.77. The molecular formula is C11H15BrN2O2S. The Morgan fingerprint density at radius 1 is 1.59 bits per heavy atom. The van der Waals surface area contributed by atoms with Crippen LogP contribution in [0.1, 0.15) is 25.3 Å². The van der Waals surface area contributed by atoms with Gasteiger partial charge in [0.2, 0.25) is 0 Å². The summed E-state index contributed by atoms with van der Waals surface area (Å²) in [5.41, 5.74) is 2.81. The van der Waals surface area contributed by atoms with E-state index in [1.54, 1.807) is 11.3 Å². The Bertz CT molecular complexity index is 437. The Kier molecular flexibility index (Phi) is 2.83. The topological polar surface area (TPSA) is 43.4 Å². The van der Waals surface area contributed by atoms with E-state index in [2.05, 4.69) is 40.2 Å². The largest absolute Gasteiger partial charge is 0.373 e. The highest BCUT2D eigenvalue weighted by Gasteiger charge is 2.53. The van der Waals surface area contributed by atoms with Crippen molar-refractivity contribution >= 4 is 27.3 Å². The van der Waals surface area contributed by atoms with Crippen molar-refractivity contribution in [2.45, 2.75) is 31.4 Å². The first-order chi connectivity index (χ1) is 8.02. The van der Waals surface area contributed by atoms with Crippen LogP contribution in [-0.4, -0.2) is 23.8 Å². The standard InChI is InChI=1S/C11H15BrN2O2S/c1-10(2)3-7-4-16-14-11(7,6-15-10)9-13-8(12)5-17-9/h5,7,14H,3-4,6H2,1-2H3/t7?,11-/m1/s1. The predicted octanol–water partition coefficient (Wildman–Crippen LogP) is 2.45. The number of hydrogen-bond donors (Lipinski definition) is 1. The maximum atomic E-state index is 5.96. The van der Waals surface area contributed by atoms with Crippen molar-refractivity contribution in [3.63, 3.8) is 0 Å². The first kappa shape index (κ1) is 12.0. The first-order valence-electron chi connectivity index (χ1n) is 5.66. The SMILES string of the molecule is CC1(C)CC2CON[C@]2(c2nc(Br)cs2)CO1. The van der Waals surface area contributed by atoms with Gasteiger partial charge in [0.05, 0.1) is 18.8 Å². The summed E-state index contributed by atoms with van der Waals surface area (Å²) in [5, 5.41) is 3.04. The van der Waals surface area contributed by atoms with Crippen molar-refractivity contribution in [1.29, 1.82) is 0 Å². The van der Waals surface area contributed by atoms with Crippen LogP contribution in [0.2, 0.25) is 0 Å². The van der Waals surface area contributed by atoms with E-state index < -0.39 is 0 Å². The second kappa shape index (κ2) is 3.99. The number of hydrogen-bond acceptors (Lipinski definition) is 5. The van der Waals surface area contributed by atoms with E-state index >= 15 is 0 Å². The zero-order valence-electron chi connectivity index (χ0n) is 9.83. The van der Waals surface area contributed by atoms with Gasteiger partial charge >= 0.3 is 0 Å². The van der Waals surface area contributed by atoms with Crippen molar-refractivity contribution in [3.05, 3.63) is 15.0 Å². The average Bonchev–Trinajstić information content (AvgIpc) is 2.83. The van der Waals surface area contributed by atoms with Gasteiger partial charge in [0.15, 0.2) is 0 Å². The van der Waals surface area contributed by atoms with Crippen LogP contribution in [0, 0.1) is 5.92 Å². The van der Waals surface area contributed by atoms with Gasteiger partial charge in [0, 0.05) is 11.3 Å². The number of nitrogens with one attached hydrogen (secondary N) is 1. The monoisotopic (exact) mass is 318 g/mol. The quantitative estimate of drug-likeness (QED) is 0.863. The molecule has 0 aliphatic carbocycles. The van der Waals surface area contributed by atoms with Crippen LogP contribution < -0.4 is 5.48 Å². The third kappa shape index (κ3) is 1.96. The Morgan fingerprint density at radius 2 is 2.41 bits per heavy atom. The lowest BCUT2D eigenvalue weighted by Gasteiger charge is -2.43. The molecule has 2 aliphatic rings. The van der Waals surface area contributed by atoms with Crippen molar-refractivity contribution in [3.8, 4) is 0 Å². The normalized spacial score (nSPS) is 35.8. The van der Waals surface area contributed by atoms with Gasteiger partial charge < -0.3 is 9.57 Å². The molecule has 2 saturated heterocycles. The lowest BCUT2D eigenvalue weighted by molar-refractivity contribution is -0.116. The summed E-state index contributed by atoms with van der Waals surface area (Å²) in [7, 11) is 0. The van der Waals surface area contributed by atoms with Gasteiger partial charge in [-0.2, -0.15) is 5.48 Å². The van der Waals surface area contributed by atoms with Crippen LogP contribution >= 0.6 is 27.3 Å². The Hall–Kier alpha value is -0.0100. The van der Waals surface area contributed by atoms with Crippen molar-refractivity contribution in [2.24, 2.45) is 5.92 Å². The molecule has 3 heterocycles. The van der Waals surface area contributed by atoms with E-state index in [0.29, 0.717) is 12.5 Å². The highest BCUT2D eigenvalue weighted by Crippen LogP contribution is 2.45. The summed E-state index contributed by atoms with van der Waals surface area (Å²) in [6, 6.07) is 0. The summed E-state index contributed by atoms with van der Waals surface area (Å²) in [6.07, 6.45) is 0.983. The second-order valence-electron chi connectivity index (χ2n) is 5.31. The highest BCUT2D eigenvalue weighted by atomic mass is 79.9. The predicted molar refractivity (Wildman–Crippen MR) is 68.7 cm³/mol. The first-order valence-corrected chi connectivity index (χ1v) is 7.34. The van der Waals surface area contributed by atoms with Crippen LogP contribution in [0.15, 0.2) is 9.98 Å². The smallest absolute Gasteiger partial charge is 0.123 e. The molecule has 4 nitrogen and oxygen atoms in total. The van der Waals surface area contributed by atoms with Crippen molar-refractivity contribution in [1.82, 2.24) is 10.5 Å². The minimum Gasteiger partial charge on any atom is -0.373 e. The summed E-state index contributed by atoms with van der Waals surface area (Å²) in [4.78, 5) is 10.0. The number of rotatable bonds is 1. The Labute approximate surface area is 113 Å². The molecule has 2 atom stereocenters. The van der Waals surface area contributed by atoms with Gasteiger partial charge in [0.1, 0.15) is 15.1 Å². The minimum absolute atomic E-state index is 0.0714. The van der Waals surface area contributed by atoms with Gasteiger partial charge in [-0.1, -0.05) is 0 Å². The van der Waals surface area contributed by atoms with Crippen molar-refractivity contribution < 1.29 is 9.57 Å². The zero-order chi connectivity index (χ0) is 12.1. The van der Waals surface area contributed by atoms with Gasteiger partial charge in [-0.05, 0) is 36.2 Å². The third-order valence-corrected chi connectivity index (χ3v) is 5.25. The maximum absolute atomic E-state index is 5.96. The molecule has 3 rings (SSSR count). The van der Waals surface area contributed by atoms with E-state index in [1.165, 1.54) is 0 Å². The number of halogens is 1. The summed E-state index contributed by atoms with van der Waals surface area (Å²) >= 11 is 5.05. The van der Waals surface area contributed by atoms with Crippen molar-refractivity contribution in [2.75, 3.05) is 13.2 Å². The molecule has 1 aromatic rings. The minimum atomic E-state index is -0.258. The number of thiazole rings is 1. The van der Waals surface area contributed by atoms with Gasteiger partial charge in [0.25, 0.3) is 0 Å². The van der Waals surface area contributed by atoms with Gasteiger partial charge in [-0.15, -0.1) is 11.3 Å². The molecular weight excluding hydrogens is 304 g/mol. The molecule has 0 saturated carbocycles. The molecule has 0 amide bonds. The fourth-order valence-electron chi connectivity index (χ4n) is 2.58. The number of ether oxygens (including phenoxy) is 1. The fraction of sp³-hybridized carbons (Fsp3) is 0.727. The third-order valence-electron chi connectivity index (χ3n) is 3.52. The molecule has 2 aliphatic heterocycles. The van der Waals surface area contributed by atoms with Crippen LogP contribution in [0.3, 0.4) is 0 Å². The van der Waals surface area contributed by atoms with E-state index in [-0.39, 0.29) is 11.1 Å². The molecule has 6 heteroatoms. The summed E-state index contributed by atoms with van der Waals surface area (Å²) in [6.45, 7) is 5.61. The fourth-order valence-corrected chi connectivity index (χ4v) is 4.04. The van der Waals surface area contributed by atoms with E-state index in [0.717, 1.165) is 22.6 Å². The molecule has 0 bridgehead atoms. The summed E-state index contributed by atoms with van der Waals surface area (Å²) in [5.74, 6) is 0.421. The number of fused-ring (bicyclic) bond motifs is 1. The van der Waals surface area contributed by atoms with E-state index in [4.69, 9.17) is 9.57 Å². The van der Waals surface area contributed by atoms with Gasteiger partial charge in [-0.25, -0.2) is 4.98 Å². The zero-order valence-corrected chi connectivity index (χ0v) is 12.2. The van der Waals surface area contributed by atoms with Crippen LogP contribution in [0.25, 0.3) is 0 Å². The maximum Gasteiger partial charge on any atom is 0.123 e. The van der Waals surface area contributed by atoms with Crippen LogP contribution in [-0.2, 0) is 15.1 Å². The molecule has 1 aromatic heterocycles. The molecule has 1 N–H and O–H groups in total. The molecule has 0 radical (unpaired) electrons. The Balaban J connectivity index is 1.95. The lowest BCUT2D eigenvalue weighted by Crippen LogP contribution is -2.53. The van der Waals surface area contributed by atoms with Crippen LogP contribution in [0.4, 0.5) is 0 Å². The number of nitrogens with zero attached hydrogens (tertiary/aromatic N) is 1. The molecule has 0 aromatic carbocycles. The Morgan fingerprint density at radius 3 is 3.12 bits per heavy atom. The summed E-state index contributed by atoms with van der Waals surface area (Å²) < 4.78 is 6.83. The van der Waals surface area contributed by atoms with Gasteiger partial charge in [-0.3, -0.25) is 0 Å². The molecule has 94 valence electrons. The van der Waals surface area contributed by atoms with Crippen LogP contribution in [0.5, 0.6) is 0 Å². The molecule has 2 fully saturated rings. The molecule has 0 spiro atoms. The number of hydroxylamine groups is 1. The molecule has 17 heavy (non-hydrogen) atoms.